The highest BCUT2D eigenvalue weighted by atomic mass is 32.1. The molecule has 2 aromatic heterocycles. The number of nitrogens with zero attached hydrogens (tertiary/aromatic N) is 1. The molecule has 2 N–H and O–H groups in total. The molecule has 2 rings (SSSR count). The van der Waals surface area contributed by atoms with Crippen molar-refractivity contribution in [2.75, 3.05) is 6.54 Å². The minimum atomic E-state index is -0.820. The number of amides is 1. The minimum Gasteiger partial charge on any atom is -0.481 e. The topological polar surface area (TPSA) is 92.4 Å². The second-order valence-electron chi connectivity index (χ2n) is 4.55. The predicted octanol–water partition coefficient (Wildman–Crippen LogP) is 2.70. The molecule has 2 heterocycles. The fraction of sp³-hybridized carbons (Fsp3) is 0.357. The standard InChI is InChI=1S/C14H16N2O4S/c1-9-5-6-11(20-9)14-16-10(8-21-14)13(19)15-7-3-2-4-12(17)18/h5-6,8H,2-4,7H2,1H3,(H,15,19)(H,17,18). The number of carboxylic acid groups (broad SMARTS) is 1. The van der Waals surface area contributed by atoms with E-state index in [9.17, 15) is 9.59 Å². The van der Waals surface area contributed by atoms with Crippen LogP contribution in [0.4, 0.5) is 0 Å². The molecule has 7 heteroatoms. The Hall–Kier alpha value is -2.15. The van der Waals surface area contributed by atoms with Crippen molar-refractivity contribution in [1.82, 2.24) is 10.3 Å². The summed E-state index contributed by atoms with van der Waals surface area (Å²) in [5.74, 6) is 0.373. The molecular weight excluding hydrogens is 292 g/mol. The van der Waals surface area contributed by atoms with Crippen molar-refractivity contribution in [1.29, 1.82) is 0 Å². The molecule has 0 saturated carbocycles. The molecule has 6 nitrogen and oxygen atoms in total. The summed E-state index contributed by atoms with van der Waals surface area (Å²) in [4.78, 5) is 26.5. The highest BCUT2D eigenvalue weighted by Gasteiger charge is 2.13. The number of carbonyl (C=O) groups is 2. The molecule has 0 radical (unpaired) electrons. The van der Waals surface area contributed by atoms with E-state index in [-0.39, 0.29) is 12.3 Å². The van der Waals surface area contributed by atoms with Gasteiger partial charge in [-0.15, -0.1) is 11.3 Å². The van der Waals surface area contributed by atoms with Gasteiger partial charge in [0.1, 0.15) is 11.5 Å². The number of thiazole rings is 1. The van der Waals surface area contributed by atoms with Gasteiger partial charge in [-0.3, -0.25) is 9.59 Å². The van der Waals surface area contributed by atoms with Gasteiger partial charge < -0.3 is 14.8 Å². The number of furan rings is 1. The lowest BCUT2D eigenvalue weighted by Crippen LogP contribution is -2.24. The number of carboxylic acids is 1. The molecular formula is C14H16N2O4S. The zero-order chi connectivity index (χ0) is 15.2. The van der Waals surface area contributed by atoms with Gasteiger partial charge >= 0.3 is 5.97 Å². The van der Waals surface area contributed by atoms with Gasteiger partial charge in [-0.2, -0.15) is 0 Å². The van der Waals surface area contributed by atoms with Gasteiger partial charge in [-0.05, 0) is 31.9 Å². The largest absolute Gasteiger partial charge is 0.481 e. The lowest BCUT2D eigenvalue weighted by Gasteiger charge is -2.01. The number of hydrogen-bond acceptors (Lipinski definition) is 5. The Balaban J connectivity index is 1.83. The number of aryl methyl sites for hydroxylation is 1. The maximum atomic E-state index is 11.9. The third kappa shape index (κ3) is 4.42. The van der Waals surface area contributed by atoms with Crippen molar-refractivity contribution in [2.24, 2.45) is 0 Å². The first-order valence-electron chi connectivity index (χ1n) is 6.58. The summed E-state index contributed by atoms with van der Waals surface area (Å²) in [6, 6.07) is 3.67. The zero-order valence-corrected chi connectivity index (χ0v) is 12.4. The van der Waals surface area contributed by atoms with Crippen LogP contribution in [0.3, 0.4) is 0 Å². The van der Waals surface area contributed by atoms with Gasteiger partial charge in [0.15, 0.2) is 10.8 Å². The van der Waals surface area contributed by atoms with Crippen LogP contribution in [0.15, 0.2) is 21.9 Å². The van der Waals surface area contributed by atoms with Crippen molar-refractivity contribution in [3.05, 3.63) is 29.0 Å². The number of aliphatic carboxylic acids is 1. The number of aromatic nitrogens is 1. The van der Waals surface area contributed by atoms with E-state index in [0.717, 1.165) is 5.76 Å². The summed E-state index contributed by atoms with van der Waals surface area (Å²) in [5.41, 5.74) is 0.349. The average Bonchev–Trinajstić information content (AvgIpc) is 3.06. The summed E-state index contributed by atoms with van der Waals surface area (Å²) >= 11 is 1.35. The number of carbonyl (C=O) groups excluding carboxylic acids is 1. The number of unbranched alkanes of at least 4 members (excludes halogenated alkanes) is 1. The molecule has 0 saturated heterocycles. The number of rotatable bonds is 7. The van der Waals surface area contributed by atoms with E-state index in [0.29, 0.717) is 35.8 Å². The highest BCUT2D eigenvalue weighted by Crippen LogP contribution is 2.25. The molecule has 0 bridgehead atoms. The molecule has 21 heavy (non-hydrogen) atoms. The van der Waals surface area contributed by atoms with Crippen molar-refractivity contribution in [3.8, 4) is 10.8 Å². The molecule has 0 aliphatic carbocycles. The van der Waals surface area contributed by atoms with Crippen LogP contribution < -0.4 is 5.32 Å². The molecule has 0 aliphatic heterocycles. The minimum absolute atomic E-state index is 0.120. The fourth-order valence-corrected chi connectivity index (χ4v) is 2.49. The van der Waals surface area contributed by atoms with Crippen LogP contribution in [0.1, 0.15) is 35.5 Å². The molecule has 0 atom stereocenters. The molecule has 1 amide bonds. The lowest BCUT2D eigenvalue weighted by atomic mass is 10.2. The fourth-order valence-electron chi connectivity index (χ4n) is 1.73. The Morgan fingerprint density at radius 2 is 2.19 bits per heavy atom. The molecule has 112 valence electrons. The van der Waals surface area contributed by atoms with E-state index in [4.69, 9.17) is 9.52 Å². The first-order valence-corrected chi connectivity index (χ1v) is 7.46. The van der Waals surface area contributed by atoms with E-state index < -0.39 is 5.97 Å². The van der Waals surface area contributed by atoms with E-state index >= 15 is 0 Å². The summed E-state index contributed by atoms with van der Waals surface area (Å²) in [7, 11) is 0. The first kappa shape index (κ1) is 15.2. The van der Waals surface area contributed by atoms with Crippen molar-refractivity contribution in [2.45, 2.75) is 26.2 Å². The Kier molecular flexibility index (Phi) is 5.10. The number of nitrogens with one attached hydrogen (secondary N) is 1. The third-order valence-corrected chi connectivity index (χ3v) is 3.65. The molecule has 0 unspecified atom stereocenters. The van der Waals surface area contributed by atoms with Crippen molar-refractivity contribution in [3.63, 3.8) is 0 Å². The lowest BCUT2D eigenvalue weighted by molar-refractivity contribution is -0.137. The van der Waals surface area contributed by atoms with Crippen molar-refractivity contribution < 1.29 is 19.1 Å². The maximum absolute atomic E-state index is 11.9. The Bertz CT molecular complexity index is 632. The summed E-state index contributed by atoms with van der Waals surface area (Å²) in [5, 5.41) is 13.6. The normalized spacial score (nSPS) is 10.5. The predicted molar refractivity (Wildman–Crippen MR) is 78.4 cm³/mol. The van der Waals surface area contributed by atoms with Crippen LogP contribution in [-0.2, 0) is 4.79 Å². The van der Waals surface area contributed by atoms with Crippen LogP contribution in [0.25, 0.3) is 10.8 Å². The van der Waals surface area contributed by atoms with Gasteiger partial charge in [0.25, 0.3) is 5.91 Å². The summed E-state index contributed by atoms with van der Waals surface area (Å²) in [6.45, 7) is 2.29. The molecule has 0 fully saturated rings. The van der Waals surface area contributed by atoms with E-state index in [1.165, 1.54) is 11.3 Å². The molecule has 0 aromatic carbocycles. The zero-order valence-electron chi connectivity index (χ0n) is 11.6. The maximum Gasteiger partial charge on any atom is 0.303 e. The van der Waals surface area contributed by atoms with Gasteiger partial charge in [-0.25, -0.2) is 4.98 Å². The molecule has 0 spiro atoms. The van der Waals surface area contributed by atoms with Crippen molar-refractivity contribution >= 4 is 23.2 Å². The monoisotopic (exact) mass is 308 g/mol. The van der Waals surface area contributed by atoms with Crippen LogP contribution in [0.2, 0.25) is 0 Å². The quantitative estimate of drug-likeness (QED) is 0.767. The van der Waals surface area contributed by atoms with Crippen LogP contribution >= 0.6 is 11.3 Å². The second kappa shape index (κ2) is 7.03. The number of hydrogen-bond donors (Lipinski definition) is 2. The smallest absolute Gasteiger partial charge is 0.303 e. The van der Waals surface area contributed by atoms with Gasteiger partial charge in [-0.1, -0.05) is 0 Å². The van der Waals surface area contributed by atoms with Gasteiger partial charge in [0.2, 0.25) is 0 Å². The van der Waals surface area contributed by atoms with E-state index in [2.05, 4.69) is 10.3 Å². The van der Waals surface area contributed by atoms with E-state index in [1.807, 2.05) is 19.1 Å². The highest BCUT2D eigenvalue weighted by molar-refractivity contribution is 7.13. The molecule has 2 aromatic rings. The van der Waals surface area contributed by atoms with Crippen LogP contribution in [-0.4, -0.2) is 28.5 Å². The Labute approximate surface area is 125 Å². The second-order valence-corrected chi connectivity index (χ2v) is 5.41. The summed E-state index contributed by atoms with van der Waals surface area (Å²) < 4.78 is 5.46. The SMILES string of the molecule is Cc1ccc(-c2nc(C(=O)NCCCCC(=O)O)cs2)o1. The van der Waals surface area contributed by atoms with E-state index in [1.54, 1.807) is 5.38 Å². The van der Waals surface area contributed by atoms with Gasteiger partial charge in [0, 0.05) is 18.3 Å². The average molecular weight is 308 g/mol. The van der Waals surface area contributed by atoms with Crippen LogP contribution in [0, 0.1) is 6.92 Å². The molecule has 0 aliphatic rings. The first-order chi connectivity index (χ1) is 10.1. The Morgan fingerprint density at radius 1 is 1.38 bits per heavy atom. The van der Waals surface area contributed by atoms with Gasteiger partial charge in [0.05, 0.1) is 0 Å². The van der Waals surface area contributed by atoms with Crippen LogP contribution in [0.5, 0.6) is 0 Å². The summed E-state index contributed by atoms with van der Waals surface area (Å²) in [6.07, 6.45) is 1.30. The third-order valence-electron chi connectivity index (χ3n) is 2.79. The Morgan fingerprint density at radius 3 is 2.86 bits per heavy atom.